The Labute approximate surface area is 175 Å². The van der Waals surface area contributed by atoms with Gasteiger partial charge in [0.1, 0.15) is 5.76 Å². The second kappa shape index (κ2) is 9.38. The number of rotatable bonds is 4. The molecule has 1 aromatic rings. The number of hydrogen-bond donors (Lipinski definition) is 1. The van der Waals surface area contributed by atoms with E-state index in [1.807, 2.05) is 28.5 Å². The van der Waals surface area contributed by atoms with Crippen LogP contribution in [0.25, 0.3) is 0 Å². The molecule has 3 aliphatic rings. The SMILES string of the molecule is Cc1oc(C2CCN(C(=O)NCC3CCCO3)CC2)nc1C(=O)N1CCSCC1. The number of likely N-dealkylation sites (tertiary alicyclic amines) is 1. The van der Waals surface area contributed by atoms with E-state index in [2.05, 4.69) is 10.3 Å². The van der Waals surface area contributed by atoms with Gasteiger partial charge in [-0.1, -0.05) is 0 Å². The van der Waals surface area contributed by atoms with Crippen molar-refractivity contribution < 1.29 is 18.7 Å². The normalized spacial score (nSPS) is 23.4. The van der Waals surface area contributed by atoms with Gasteiger partial charge in [-0.2, -0.15) is 11.8 Å². The van der Waals surface area contributed by atoms with Crippen LogP contribution < -0.4 is 5.32 Å². The van der Waals surface area contributed by atoms with Crippen molar-refractivity contribution in [1.29, 1.82) is 0 Å². The van der Waals surface area contributed by atoms with E-state index in [1.54, 1.807) is 0 Å². The molecule has 0 aliphatic carbocycles. The smallest absolute Gasteiger partial charge is 0.317 e. The van der Waals surface area contributed by atoms with Gasteiger partial charge in [0, 0.05) is 56.8 Å². The molecule has 1 unspecified atom stereocenters. The number of aryl methyl sites for hydroxylation is 1. The molecule has 0 aromatic carbocycles. The monoisotopic (exact) mass is 422 g/mol. The molecule has 3 aliphatic heterocycles. The molecular weight excluding hydrogens is 392 g/mol. The summed E-state index contributed by atoms with van der Waals surface area (Å²) in [5.74, 6) is 3.31. The van der Waals surface area contributed by atoms with Gasteiger partial charge in [-0.3, -0.25) is 4.79 Å². The van der Waals surface area contributed by atoms with Crippen LogP contribution in [-0.2, 0) is 4.74 Å². The summed E-state index contributed by atoms with van der Waals surface area (Å²) in [6, 6.07) is -0.0265. The van der Waals surface area contributed by atoms with E-state index < -0.39 is 0 Å². The standard InChI is InChI=1S/C20H30N4O4S/c1-14-17(19(25)23-8-11-29-12-9-23)22-18(28-14)15-4-6-24(7-5-15)20(26)21-13-16-3-2-10-27-16/h15-16H,2-13H2,1H3,(H,21,26). The summed E-state index contributed by atoms with van der Waals surface area (Å²) >= 11 is 1.87. The van der Waals surface area contributed by atoms with E-state index in [1.165, 1.54) is 0 Å². The number of oxazole rings is 1. The first kappa shape index (κ1) is 20.5. The molecular formula is C20H30N4O4S. The summed E-state index contributed by atoms with van der Waals surface area (Å²) in [7, 11) is 0. The zero-order valence-electron chi connectivity index (χ0n) is 17.0. The summed E-state index contributed by atoms with van der Waals surface area (Å²) in [5, 5.41) is 2.98. The third-order valence-corrected chi connectivity index (χ3v) is 6.89. The molecule has 29 heavy (non-hydrogen) atoms. The number of carbonyl (C=O) groups is 2. The summed E-state index contributed by atoms with van der Waals surface area (Å²) in [4.78, 5) is 33.4. The van der Waals surface area contributed by atoms with Gasteiger partial charge in [0.05, 0.1) is 6.10 Å². The van der Waals surface area contributed by atoms with Gasteiger partial charge in [-0.25, -0.2) is 9.78 Å². The number of amides is 3. The highest BCUT2D eigenvalue weighted by Gasteiger charge is 2.30. The third kappa shape index (κ3) is 4.88. The minimum Gasteiger partial charge on any atom is -0.445 e. The number of urea groups is 1. The van der Waals surface area contributed by atoms with Crippen LogP contribution in [-0.4, -0.2) is 83.7 Å². The molecule has 9 heteroatoms. The number of nitrogens with one attached hydrogen (secondary N) is 1. The van der Waals surface area contributed by atoms with Gasteiger partial charge in [0.2, 0.25) is 0 Å². The van der Waals surface area contributed by atoms with Crippen LogP contribution in [0, 0.1) is 6.92 Å². The number of piperidine rings is 1. The fourth-order valence-corrected chi connectivity index (χ4v) is 5.06. The molecule has 4 rings (SSSR count). The van der Waals surface area contributed by atoms with Gasteiger partial charge >= 0.3 is 6.03 Å². The van der Waals surface area contributed by atoms with Crippen LogP contribution in [0.3, 0.4) is 0 Å². The Morgan fingerprint density at radius 1 is 1.14 bits per heavy atom. The Balaban J connectivity index is 1.29. The molecule has 0 radical (unpaired) electrons. The molecule has 3 amide bonds. The molecule has 1 atom stereocenters. The molecule has 3 saturated heterocycles. The molecule has 160 valence electrons. The van der Waals surface area contributed by atoms with Crippen molar-refractivity contribution in [2.75, 3.05) is 50.8 Å². The molecule has 1 aromatic heterocycles. The number of nitrogens with zero attached hydrogens (tertiary/aromatic N) is 3. The summed E-state index contributed by atoms with van der Waals surface area (Å²) < 4.78 is 11.4. The molecule has 4 heterocycles. The van der Waals surface area contributed by atoms with Crippen molar-refractivity contribution in [1.82, 2.24) is 20.1 Å². The van der Waals surface area contributed by atoms with E-state index in [4.69, 9.17) is 9.15 Å². The van der Waals surface area contributed by atoms with Gasteiger partial charge in [-0.05, 0) is 32.6 Å². The van der Waals surface area contributed by atoms with Crippen molar-refractivity contribution in [3.05, 3.63) is 17.3 Å². The summed E-state index contributed by atoms with van der Waals surface area (Å²) in [5.41, 5.74) is 0.448. The fraction of sp³-hybridized carbons (Fsp3) is 0.750. The molecule has 3 fully saturated rings. The highest BCUT2D eigenvalue weighted by Crippen LogP contribution is 2.29. The van der Waals surface area contributed by atoms with Gasteiger partial charge < -0.3 is 24.3 Å². The van der Waals surface area contributed by atoms with Crippen molar-refractivity contribution in [2.45, 2.75) is 44.6 Å². The minimum atomic E-state index is -0.0265. The Morgan fingerprint density at radius 3 is 2.59 bits per heavy atom. The summed E-state index contributed by atoms with van der Waals surface area (Å²) in [6.07, 6.45) is 3.83. The maximum Gasteiger partial charge on any atom is 0.317 e. The maximum atomic E-state index is 12.8. The lowest BCUT2D eigenvalue weighted by Gasteiger charge is -2.31. The lowest BCUT2D eigenvalue weighted by molar-refractivity contribution is 0.0765. The highest BCUT2D eigenvalue weighted by atomic mass is 32.2. The molecule has 0 saturated carbocycles. The van der Waals surface area contributed by atoms with Crippen LogP contribution in [0.1, 0.15) is 53.7 Å². The Morgan fingerprint density at radius 2 is 1.90 bits per heavy atom. The number of thioether (sulfide) groups is 1. The van der Waals surface area contributed by atoms with Crippen LogP contribution in [0.15, 0.2) is 4.42 Å². The zero-order chi connectivity index (χ0) is 20.2. The number of ether oxygens (including phenoxy) is 1. The van der Waals surface area contributed by atoms with E-state index in [0.29, 0.717) is 37.0 Å². The Hall–Kier alpha value is -1.74. The quantitative estimate of drug-likeness (QED) is 0.801. The van der Waals surface area contributed by atoms with Crippen LogP contribution in [0.4, 0.5) is 4.79 Å². The number of hydrogen-bond acceptors (Lipinski definition) is 6. The number of aromatic nitrogens is 1. The predicted molar refractivity (Wildman–Crippen MR) is 110 cm³/mol. The van der Waals surface area contributed by atoms with E-state index in [9.17, 15) is 9.59 Å². The first-order valence-corrected chi connectivity index (χ1v) is 11.8. The second-order valence-corrected chi connectivity index (χ2v) is 9.17. The van der Waals surface area contributed by atoms with Crippen molar-refractivity contribution >= 4 is 23.7 Å². The van der Waals surface area contributed by atoms with E-state index in [-0.39, 0.29) is 24.0 Å². The summed E-state index contributed by atoms with van der Waals surface area (Å²) in [6.45, 7) is 6.05. The lowest BCUT2D eigenvalue weighted by Crippen LogP contribution is -2.46. The first-order valence-electron chi connectivity index (χ1n) is 10.6. The second-order valence-electron chi connectivity index (χ2n) is 7.94. The zero-order valence-corrected chi connectivity index (χ0v) is 17.8. The molecule has 0 bridgehead atoms. The van der Waals surface area contributed by atoms with Crippen LogP contribution in [0.5, 0.6) is 0 Å². The van der Waals surface area contributed by atoms with Crippen molar-refractivity contribution in [2.24, 2.45) is 0 Å². The largest absolute Gasteiger partial charge is 0.445 e. The third-order valence-electron chi connectivity index (χ3n) is 5.95. The first-order chi connectivity index (χ1) is 14.1. The van der Waals surface area contributed by atoms with Crippen LogP contribution >= 0.6 is 11.8 Å². The number of carbonyl (C=O) groups excluding carboxylic acids is 2. The lowest BCUT2D eigenvalue weighted by atomic mass is 9.97. The van der Waals surface area contributed by atoms with Crippen molar-refractivity contribution in [3.8, 4) is 0 Å². The Kier molecular flexibility index (Phi) is 6.64. The fourth-order valence-electron chi connectivity index (χ4n) is 4.15. The predicted octanol–water partition coefficient (Wildman–Crippen LogP) is 2.24. The van der Waals surface area contributed by atoms with Gasteiger partial charge in [-0.15, -0.1) is 0 Å². The minimum absolute atomic E-state index is 0.0243. The van der Waals surface area contributed by atoms with Gasteiger partial charge in [0.15, 0.2) is 11.6 Å². The van der Waals surface area contributed by atoms with E-state index in [0.717, 1.165) is 56.9 Å². The van der Waals surface area contributed by atoms with Gasteiger partial charge in [0.25, 0.3) is 5.91 Å². The maximum absolute atomic E-state index is 12.8. The molecule has 1 N–H and O–H groups in total. The topological polar surface area (TPSA) is 87.9 Å². The van der Waals surface area contributed by atoms with Crippen molar-refractivity contribution in [3.63, 3.8) is 0 Å². The molecule has 8 nitrogen and oxygen atoms in total. The highest BCUT2D eigenvalue weighted by molar-refractivity contribution is 7.99. The van der Waals surface area contributed by atoms with Crippen LogP contribution in [0.2, 0.25) is 0 Å². The Bertz CT molecular complexity index is 720. The molecule has 0 spiro atoms. The van der Waals surface area contributed by atoms with E-state index >= 15 is 0 Å². The average molecular weight is 423 g/mol. The average Bonchev–Trinajstić information content (AvgIpc) is 3.42.